The number of aromatic amines is 1. The van der Waals surface area contributed by atoms with Crippen molar-refractivity contribution < 1.29 is 9.90 Å². The molecule has 0 bridgehead atoms. The van der Waals surface area contributed by atoms with E-state index in [2.05, 4.69) is 9.97 Å². The van der Waals surface area contributed by atoms with Crippen molar-refractivity contribution in [3.05, 3.63) is 22.2 Å². The molecule has 1 atom stereocenters. The average molecular weight is 240 g/mol. The van der Waals surface area contributed by atoms with E-state index in [1.54, 1.807) is 6.92 Å². The van der Waals surface area contributed by atoms with Gasteiger partial charge in [0.05, 0.1) is 0 Å². The standard InChI is InChI=1S/C10H12N2O3S/c1-5(10(14)15)16-8-4-7(13)11-9(12-8)6-2-3-6/h4-6H,2-3H2,1H3,(H,14,15)(H,11,12,13). The molecule has 1 aliphatic carbocycles. The molecule has 0 radical (unpaired) electrons. The lowest BCUT2D eigenvalue weighted by atomic mass is 10.4. The number of hydrogen-bond donors (Lipinski definition) is 2. The number of carbonyl (C=O) groups is 1. The Morgan fingerprint density at radius 2 is 2.38 bits per heavy atom. The molecule has 0 saturated heterocycles. The van der Waals surface area contributed by atoms with Crippen molar-refractivity contribution >= 4 is 17.7 Å². The van der Waals surface area contributed by atoms with Gasteiger partial charge in [-0.1, -0.05) is 11.8 Å². The molecule has 86 valence electrons. The van der Waals surface area contributed by atoms with Gasteiger partial charge in [0, 0.05) is 12.0 Å². The molecule has 1 aromatic heterocycles. The van der Waals surface area contributed by atoms with Gasteiger partial charge >= 0.3 is 5.97 Å². The molecule has 0 aromatic carbocycles. The molecule has 2 N–H and O–H groups in total. The summed E-state index contributed by atoms with van der Waals surface area (Å²) in [4.78, 5) is 29.0. The quantitative estimate of drug-likeness (QED) is 0.610. The normalized spacial score (nSPS) is 17.1. The summed E-state index contributed by atoms with van der Waals surface area (Å²) in [6.45, 7) is 1.58. The minimum Gasteiger partial charge on any atom is -0.480 e. The van der Waals surface area contributed by atoms with Crippen molar-refractivity contribution in [2.24, 2.45) is 0 Å². The predicted molar refractivity (Wildman–Crippen MR) is 59.8 cm³/mol. The maximum Gasteiger partial charge on any atom is 0.316 e. The number of H-pyrrole nitrogens is 1. The van der Waals surface area contributed by atoms with Gasteiger partial charge in [-0.25, -0.2) is 4.98 Å². The van der Waals surface area contributed by atoms with Gasteiger partial charge in [-0.15, -0.1) is 0 Å². The van der Waals surface area contributed by atoms with Crippen LogP contribution in [0, 0.1) is 0 Å². The van der Waals surface area contributed by atoms with Crippen molar-refractivity contribution in [1.29, 1.82) is 0 Å². The third kappa shape index (κ3) is 2.63. The highest BCUT2D eigenvalue weighted by molar-refractivity contribution is 8.00. The Bertz CT molecular complexity index is 467. The molecular weight excluding hydrogens is 228 g/mol. The number of aliphatic carboxylic acids is 1. The molecular formula is C10H12N2O3S. The Balaban J connectivity index is 2.20. The summed E-state index contributed by atoms with van der Waals surface area (Å²) in [7, 11) is 0. The van der Waals surface area contributed by atoms with Gasteiger partial charge in [0.2, 0.25) is 0 Å². The Kier molecular flexibility index (Phi) is 3.00. The molecule has 1 saturated carbocycles. The molecule has 0 aliphatic heterocycles. The van der Waals surface area contributed by atoms with Crippen LogP contribution >= 0.6 is 11.8 Å². The number of thioether (sulfide) groups is 1. The molecule has 2 rings (SSSR count). The fourth-order valence-electron chi connectivity index (χ4n) is 1.30. The number of nitrogens with zero attached hydrogens (tertiary/aromatic N) is 1. The second-order valence-electron chi connectivity index (χ2n) is 3.84. The smallest absolute Gasteiger partial charge is 0.316 e. The fourth-order valence-corrected chi connectivity index (χ4v) is 2.08. The first-order chi connectivity index (χ1) is 7.56. The summed E-state index contributed by atoms with van der Waals surface area (Å²) >= 11 is 1.09. The molecule has 1 aliphatic rings. The van der Waals surface area contributed by atoms with Crippen LogP contribution in [0.5, 0.6) is 0 Å². The number of aromatic nitrogens is 2. The Hall–Kier alpha value is -1.30. The second kappa shape index (κ2) is 4.29. The van der Waals surface area contributed by atoms with E-state index in [-0.39, 0.29) is 5.56 Å². The van der Waals surface area contributed by atoms with Crippen LogP contribution in [0.4, 0.5) is 0 Å². The van der Waals surface area contributed by atoms with Crippen LogP contribution in [0.15, 0.2) is 15.9 Å². The van der Waals surface area contributed by atoms with Crippen LogP contribution in [0.1, 0.15) is 31.5 Å². The summed E-state index contributed by atoms with van der Waals surface area (Å²) in [5, 5.41) is 8.66. The van der Waals surface area contributed by atoms with Crippen molar-refractivity contribution in [2.75, 3.05) is 0 Å². The van der Waals surface area contributed by atoms with Gasteiger partial charge in [-0.05, 0) is 19.8 Å². The van der Waals surface area contributed by atoms with E-state index in [0.717, 1.165) is 24.6 Å². The summed E-state index contributed by atoms with van der Waals surface area (Å²) in [6, 6.07) is 1.34. The molecule has 1 fully saturated rings. The lowest BCUT2D eigenvalue weighted by Gasteiger charge is -2.06. The lowest BCUT2D eigenvalue weighted by molar-refractivity contribution is -0.136. The first-order valence-corrected chi connectivity index (χ1v) is 5.95. The third-order valence-electron chi connectivity index (χ3n) is 2.35. The fraction of sp³-hybridized carbons (Fsp3) is 0.500. The molecule has 1 unspecified atom stereocenters. The van der Waals surface area contributed by atoms with Crippen molar-refractivity contribution in [3.8, 4) is 0 Å². The van der Waals surface area contributed by atoms with Crippen molar-refractivity contribution in [2.45, 2.75) is 36.0 Å². The number of hydrogen-bond acceptors (Lipinski definition) is 4. The molecule has 1 heterocycles. The van der Waals surface area contributed by atoms with E-state index < -0.39 is 11.2 Å². The van der Waals surface area contributed by atoms with E-state index in [1.807, 2.05) is 0 Å². The third-order valence-corrected chi connectivity index (χ3v) is 3.35. The Morgan fingerprint density at radius 1 is 1.69 bits per heavy atom. The number of carboxylic acids is 1. The summed E-state index contributed by atoms with van der Waals surface area (Å²) in [5.41, 5.74) is -0.211. The van der Waals surface area contributed by atoms with E-state index in [9.17, 15) is 9.59 Å². The van der Waals surface area contributed by atoms with Gasteiger partial charge in [0.25, 0.3) is 5.56 Å². The highest BCUT2D eigenvalue weighted by atomic mass is 32.2. The lowest BCUT2D eigenvalue weighted by Crippen LogP contribution is -2.14. The SMILES string of the molecule is CC(Sc1cc(=O)[nH]c(C2CC2)n1)C(=O)O. The van der Waals surface area contributed by atoms with Crippen molar-refractivity contribution in [1.82, 2.24) is 9.97 Å². The molecule has 1 aromatic rings. The van der Waals surface area contributed by atoms with Crippen LogP contribution in [0.25, 0.3) is 0 Å². The topological polar surface area (TPSA) is 83.0 Å². The van der Waals surface area contributed by atoms with E-state index in [0.29, 0.717) is 16.8 Å². The van der Waals surface area contributed by atoms with Crippen LogP contribution in [-0.2, 0) is 4.79 Å². The van der Waals surface area contributed by atoms with Crippen LogP contribution in [-0.4, -0.2) is 26.3 Å². The monoisotopic (exact) mass is 240 g/mol. The molecule has 0 amide bonds. The van der Waals surface area contributed by atoms with Crippen LogP contribution in [0.2, 0.25) is 0 Å². The van der Waals surface area contributed by atoms with Gasteiger partial charge in [0.1, 0.15) is 16.1 Å². The molecule has 16 heavy (non-hydrogen) atoms. The largest absolute Gasteiger partial charge is 0.480 e. The number of rotatable bonds is 4. The number of carboxylic acid groups (broad SMARTS) is 1. The maximum absolute atomic E-state index is 11.3. The minimum absolute atomic E-state index is 0.211. The summed E-state index contributed by atoms with van der Waals surface area (Å²) in [5.74, 6) is 0.140. The molecule has 0 spiro atoms. The van der Waals surface area contributed by atoms with Crippen LogP contribution in [0.3, 0.4) is 0 Å². The van der Waals surface area contributed by atoms with Gasteiger partial charge < -0.3 is 10.1 Å². The van der Waals surface area contributed by atoms with Gasteiger partial charge in [0.15, 0.2) is 0 Å². The zero-order valence-electron chi connectivity index (χ0n) is 8.77. The maximum atomic E-state index is 11.3. The first-order valence-electron chi connectivity index (χ1n) is 5.07. The molecule has 6 heteroatoms. The average Bonchev–Trinajstić information content (AvgIpc) is 2.99. The zero-order valence-corrected chi connectivity index (χ0v) is 9.58. The highest BCUT2D eigenvalue weighted by Gasteiger charge is 2.26. The van der Waals surface area contributed by atoms with E-state index in [4.69, 9.17) is 5.11 Å². The van der Waals surface area contributed by atoms with Crippen molar-refractivity contribution in [3.63, 3.8) is 0 Å². The summed E-state index contributed by atoms with van der Waals surface area (Å²) in [6.07, 6.45) is 2.09. The number of nitrogens with one attached hydrogen (secondary N) is 1. The Labute approximate surface area is 96.3 Å². The van der Waals surface area contributed by atoms with E-state index >= 15 is 0 Å². The van der Waals surface area contributed by atoms with Gasteiger partial charge in [-0.3, -0.25) is 9.59 Å². The Morgan fingerprint density at radius 3 is 2.94 bits per heavy atom. The molecule has 5 nitrogen and oxygen atoms in total. The minimum atomic E-state index is -0.903. The first kappa shape index (κ1) is 11.2. The van der Waals surface area contributed by atoms with Gasteiger partial charge in [-0.2, -0.15) is 0 Å². The second-order valence-corrected chi connectivity index (χ2v) is 5.20. The highest BCUT2D eigenvalue weighted by Crippen LogP contribution is 2.38. The summed E-state index contributed by atoms with van der Waals surface area (Å²) < 4.78 is 0. The van der Waals surface area contributed by atoms with E-state index in [1.165, 1.54) is 6.07 Å². The predicted octanol–water partition coefficient (Wildman–Crippen LogP) is 1.21. The zero-order chi connectivity index (χ0) is 11.7. The van der Waals surface area contributed by atoms with Crippen LogP contribution < -0.4 is 5.56 Å².